The molecule has 0 aliphatic rings. The lowest BCUT2D eigenvalue weighted by Crippen LogP contribution is -2.12. The molecule has 3 aromatic rings. The number of esters is 1. The minimum Gasteiger partial charge on any atom is -0.496 e. The Balaban J connectivity index is 1.86. The molecule has 29 heavy (non-hydrogen) atoms. The van der Waals surface area contributed by atoms with Gasteiger partial charge in [0.05, 0.1) is 13.7 Å². The van der Waals surface area contributed by atoms with Crippen LogP contribution in [0.15, 0.2) is 66.1 Å². The molecule has 0 saturated carbocycles. The summed E-state index contributed by atoms with van der Waals surface area (Å²) in [4.78, 5) is 25.0. The number of rotatable bonds is 7. The van der Waals surface area contributed by atoms with Crippen molar-refractivity contribution in [1.82, 2.24) is 0 Å². The monoisotopic (exact) mass is 407 g/mol. The molecule has 1 heterocycles. The van der Waals surface area contributed by atoms with Gasteiger partial charge in [-0.05, 0) is 24.6 Å². The number of methoxy groups -OCH3 is 1. The van der Waals surface area contributed by atoms with Gasteiger partial charge in [0.25, 0.3) is 0 Å². The normalized spacial score (nSPS) is 10.7. The van der Waals surface area contributed by atoms with E-state index in [4.69, 9.17) is 9.47 Å². The topological polar surface area (TPSA) is 64.6 Å². The minimum atomic E-state index is -0.461. The molecular weight excluding hydrogens is 386 g/mol. The van der Waals surface area contributed by atoms with Gasteiger partial charge in [-0.15, -0.1) is 11.3 Å². The first-order chi connectivity index (χ1) is 14.1. The number of anilines is 1. The van der Waals surface area contributed by atoms with Gasteiger partial charge in [-0.1, -0.05) is 48.5 Å². The summed E-state index contributed by atoms with van der Waals surface area (Å²) in [7, 11) is 1.58. The number of carbonyl (C=O) groups is 2. The lowest BCUT2D eigenvalue weighted by Gasteiger charge is -2.08. The van der Waals surface area contributed by atoms with E-state index in [1.165, 1.54) is 17.4 Å². The van der Waals surface area contributed by atoms with Crippen LogP contribution >= 0.6 is 11.3 Å². The van der Waals surface area contributed by atoms with Gasteiger partial charge >= 0.3 is 5.97 Å². The van der Waals surface area contributed by atoms with Gasteiger partial charge in [0.1, 0.15) is 16.3 Å². The number of thiophene rings is 1. The van der Waals surface area contributed by atoms with Gasteiger partial charge in [-0.3, -0.25) is 4.79 Å². The third-order valence-electron chi connectivity index (χ3n) is 4.15. The molecule has 1 N–H and O–H groups in total. The zero-order chi connectivity index (χ0) is 20.6. The predicted octanol–water partition coefficient (Wildman–Crippen LogP) is 5.25. The molecule has 148 valence electrons. The SMILES string of the molecule is CCOC(=O)c1c(-c2ccccc2)csc1NC(=O)/C=C/c1ccccc1OC. The van der Waals surface area contributed by atoms with Crippen molar-refractivity contribution in [2.24, 2.45) is 0 Å². The van der Waals surface area contributed by atoms with Crippen LogP contribution in [-0.4, -0.2) is 25.6 Å². The third kappa shape index (κ3) is 4.92. The van der Waals surface area contributed by atoms with E-state index in [-0.39, 0.29) is 12.5 Å². The molecule has 0 unspecified atom stereocenters. The molecule has 1 amide bonds. The van der Waals surface area contributed by atoms with E-state index in [9.17, 15) is 9.59 Å². The zero-order valence-electron chi connectivity index (χ0n) is 16.2. The molecule has 3 rings (SSSR count). The van der Waals surface area contributed by atoms with Crippen LogP contribution in [0, 0.1) is 0 Å². The van der Waals surface area contributed by atoms with E-state index in [0.717, 1.165) is 16.7 Å². The van der Waals surface area contributed by atoms with E-state index in [2.05, 4.69) is 5.32 Å². The summed E-state index contributed by atoms with van der Waals surface area (Å²) >= 11 is 1.29. The highest BCUT2D eigenvalue weighted by Crippen LogP contribution is 2.36. The highest BCUT2D eigenvalue weighted by atomic mass is 32.1. The van der Waals surface area contributed by atoms with E-state index < -0.39 is 5.97 Å². The highest BCUT2D eigenvalue weighted by Gasteiger charge is 2.22. The average Bonchev–Trinajstić information content (AvgIpc) is 3.16. The molecule has 6 heteroatoms. The lowest BCUT2D eigenvalue weighted by atomic mass is 10.0. The Morgan fingerprint density at radius 1 is 1.07 bits per heavy atom. The van der Waals surface area contributed by atoms with Crippen molar-refractivity contribution in [1.29, 1.82) is 0 Å². The second-order valence-electron chi connectivity index (χ2n) is 6.00. The van der Waals surface area contributed by atoms with Gasteiger partial charge < -0.3 is 14.8 Å². The Morgan fingerprint density at radius 2 is 1.79 bits per heavy atom. The van der Waals surface area contributed by atoms with Gasteiger partial charge in [0, 0.05) is 22.6 Å². The molecule has 0 spiro atoms. The summed E-state index contributed by atoms with van der Waals surface area (Å²) in [5, 5.41) is 5.10. The van der Waals surface area contributed by atoms with Crippen LogP contribution in [-0.2, 0) is 9.53 Å². The Kier molecular flexibility index (Phi) is 6.81. The van der Waals surface area contributed by atoms with Crippen LogP contribution in [0.2, 0.25) is 0 Å². The maximum Gasteiger partial charge on any atom is 0.341 e. The smallest absolute Gasteiger partial charge is 0.341 e. The molecule has 2 aromatic carbocycles. The largest absolute Gasteiger partial charge is 0.496 e. The average molecular weight is 407 g/mol. The first-order valence-electron chi connectivity index (χ1n) is 9.10. The van der Waals surface area contributed by atoms with Gasteiger partial charge in [-0.25, -0.2) is 4.79 Å². The fourth-order valence-corrected chi connectivity index (χ4v) is 3.77. The van der Waals surface area contributed by atoms with Crippen molar-refractivity contribution in [3.63, 3.8) is 0 Å². The molecule has 0 aliphatic carbocycles. The van der Waals surface area contributed by atoms with Crippen LogP contribution in [0.25, 0.3) is 17.2 Å². The van der Waals surface area contributed by atoms with Crippen molar-refractivity contribution < 1.29 is 19.1 Å². The number of benzene rings is 2. The summed E-state index contributed by atoms with van der Waals surface area (Å²) in [6.07, 6.45) is 3.08. The first-order valence-corrected chi connectivity index (χ1v) is 9.98. The van der Waals surface area contributed by atoms with E-state index in [1.54, 1.807) is 20.1 Å². The van der Waals surface area contributed by atoms with Gasteiger partial charge in [0.15, 0.2) is 0 Å². The van der Waals surface area contributed by atoms with Crippen LogP contribution in [0.5, 0.6) is 5.75 Å². The Morgan fingerprint density at radius 3 is 2.52 bits per heavy atom. The van der Waals surface area contributed by atoms with E-state index >= 15 is 0 Å². The van der Waals surface area contributed by atoms with Crippen molar-refractivity contribution in [3.05, 3.63) is 77.2 Å². The standard InChI is InChI=1S/C23H21NO4S/c1-3-28-23(26)21-18(16-9-5-4-6-10-16)15-29-22(21)24-20(25)14-13-17-11-7-8-12-19(17)27-2/h4-15H,3H2,1-2H3,(H,24,25)/b14-13+. The van der Waals surface area contributed by atoms with Crippen molar-refractivity contribution >= 4 is 34.3 Å². The molecule has 0 aliphatic heterocycles. The van der Waals surface area contributed by atoms with Crippen LogP contribution in [0.1, 0.15) is 22.8 Å². The van der Waals surface area contributed by atoms with Crippen molar-refractivity contribution in [2.45, 2.75) is 6.92 Å². The van der Waals surface area contributed by atoms with E-state index in [1.807, 2.05) is 60.0 Å². The fourth-order valence-electron chi connectivity index (χ4n) is 2.81. The molecule has 0 fully saturated rings. The number of hydrogen-bond donors (Lipinski definition) is 1. The second-order valence-corrected chi connectivity index (χ2v) is 6.88. The maximum atomic E-state index is 12.6. The number of para-hydroxylation sites is 1. The summed E-state index contributed by atoms with van der Waals surface area (Å²) in [6.45, 7) is 2.00. The lowest BCUT2D eigenvalue weighted by molar-refractivity contribution is -0.111. The van der Waals surface area contributed by atoms with Crippen LogP contribution in [0.3, 0.4) is 0 Å². The summed E-state index contributed by atoms with van der Waals surface area (Å²) in [5.41, 5.74) is 2.77. The molecule has 5 nitrogen and oxygen atoms in total. The maximum absolute atomic E-state index is 12.6. The molecule has 0 atom stereocenters. The number of ether oxygens (including phenoxy) is 2. The molecule has 0 saturated heterocycles. The number of nitrogens with one attached hydrogen (secondary N) is 1. The van der Waals surface area contributed by atoms with Crippen LogP contribution < -0.4 is 10.1 Å². The summed E-state index contributed by atoms with van der Waals surface area (Å²) in [5.74, 6) is -0.134. The zero-order valence-corrected chi connectivity index (χ0v) is 17.0. The molecule has 0 radical (unpaired) electrons. The quantitative estimate of drug-likeness (QED) is 0.429. The number of carbonyl (C=O) groups excluding carboxylic acids is 2. The van der Waals surface area contributed by atoms with Crippen LogP contribution in [0.4, 0.5) is 5.00 Å². The number of amides is 1. The number of hydrogen-bond acceptors (Lipinski definition) is 5. The Bertz CT molecular complexity index is 1020. The predicted molar refractivity (Wildman–Crippen MR) is 116 cm³/mol. The molecular formula is C23H21NO4S. The molecule has 1 aromatic heterocycles. The van der Waals surface area contributed by atoms with Gasteiger partial charge in [0.2, 0.25) is 5.91 Å². The summed E-state index contributed by atoms with van der Waals surface area (Å²) in [6, 6.07) is 16.9. The van der Waals surface area contributed by atoms with E-state index in [0.29, 0.717) is 16.3 Å². The van der Waals surface area contributed by atoms with Crippen molar-refractivity contribution in [2.75, 3.05) is 19.0 Å². The minimum absolute atomic E-state index is 0.254. The highest BCUT2D eigenvalue weighted by molar-refractivity contribution is 7.15. The second kappa shape index (κ2) is 9.71. The third-order valence-corrected chi connectivity index (χ3v) is 5.04. The first kappa shape index (κ1) is 20.4. The van der Waals surface area contributed by atoms with Crippen molar-refractivity contribution in [3.8, 4) is 16.9 Å². The van der Waals surface area contributed by atoms with Gasteiger partial charge in [-0.2, -0.15) is 0 Å². The molecule has 0 bridgehead atoms. The Hall–Kier alpha value is -3.38. The Labute approximate surface area is 173 Å². The summed E-state index contributed by atoms with van der Waals surface area (Å²) < 4.78 is 10.5. The fraction of sp³-hybridized carbons (Fsp3) is 0.130.